The third-order valence-corrected chi connectivity index (χ3v) is 2.05. The molecule has 1 heterocycles. The summed E-state index contributed by atoms with van der Waals surface area (Å²) in [5.74, 6) is 1.79. The summed E-state index contributed by atoms with van der Waals surface area (Å²) in [4.78, 5) is 0. The van der Waals surface area contributed by atoms with E-state index in [0.717, 1.165) is 17.9 Å². The van der Waals surface area contributed by atoms with Gasteiger partial charge in [0.2, 0.25) is 0 Å². The molecule has 0 bridgehead atoms. The Hall–Kier alpha value is -0.840. The average Bonchev–Trinajstić information content (AvgIpc) is 2.68. The molecule has 0 radical (unpaired) electrons. The Bertz CT molecular complexity index is 270. The molecule has 0 saturated carbocycles. The van der Waals surface area contributed by atoms with Crippen LogP contribution in [0.15, 0.2) is 16.5 Å². The molecule has 0 aliphatic heterocycles. The van der Waals surface area contributed by atoms with Gasteiger partial charge in [-0.1, -0.05) is 0 Å². The van der Waals surface area contributed by atoms with Crippen molar-refractivity contribution < 1.29 is 18.6 Å². The molecule has 0 aliphatic carbocycles. The molecule has 0 N–H and O–H groups in total. The second-order valence-corrected chi connectivity index (χ2v) is 3.52. The first-order valence-corrected chi connectivity index (χ1v) is 5.52. The fourth-order valence-electron chi connectivity index (χ4n) is 1.24. The first-order valence-electron chi connectivity index (χ1n) is 5.52. The molecule has 1 aromatic rings. The minimum atomic E-state index is 0.534. The lowest BCUT2D eigenvalue weighted by atomic mass is 10.4. The molecule has 0 aromatic carbocycles. The van der Waals surface area contributed by atoms with Crippen LogP contribution in [-0.4, -0.2) is 33.5 Å². The molecule has 0 atom stereocenters. The van der Waals surface area contributed by atoms with Crippen molar-refractivity contribution in [2.75, 3.05) is 33.5 Å². The van der Waals surface area contributed by atoms with Crippen molar-refractivity contribution >= 4 is 0 Å². The summed E-state index contributed by atoms with van der Waals surface area (Å²) in [6.45, 7) is 5.15. The number of ether oxygens (including phenoxy) is 3. The van der Waals surface area contributed by atoms with Crippen LogP contribution in [0.1, 0.15) is 17.9 Å². The fraction of sp³-hybridized carbons (Fsp3) is 0.667. The van der Waals surface area contributed by atoms with Crippen molar-refractivity contribution in [3.05, 3.63) is 23.7 Å². The largest absolute Gasteiger partial charge is 0.464 e. The van der Waals surface area contributed by atoms with E-state index in [2.05, 4.69) is 0 Å². The van der Waals surface area contributed by atoms with Crippen molar-refractivity contribution in [1.29, 1.82) is 0 Å². The van der Waals surface area contributed by atoms with Crippen molar-refractivity contribution in [2.24, 2.45) is 0 Å². The molecule has 1 aromatic heterocycles. The number of hydrogen-bond acceptors (Lipinski definition) is 4. The third kappa shape index (κ3) is 5.90. The number of aryl methyl sites for hydroxylation is 1. The molecule has 4 heteroatoms. The highest BCUT2D eigenvalue weighted by molar-refractivity contribution is 5.04. The fourth-order valence-corrected chi connectivity index (χ4v) is 1.24. The van der Waals surface area contributed by atoms with Gasteiger partial charge in [-0.05, 0) is 25.5 Å². The number of furan rings is 1. The van der Waals surface area contributed by atoms with E-state index in [1.165, 1.54) is 0 Å². The van der Waals surface area contributed by atoms with Gasteiger partial charge in [0.15, 0.2) is 0 Å². The molecule has 4 nitrogen and oxygen atoms in total. The van der Waals surface area contributed by atoms with Crippen molar-refractivity contribution in [2.45, 2.75) is 20.0 Å². The molecule has 16 heavy (non-hydrogen) atoms. The summed E-state index contributed by atoms with van der Waals surface area (Å²) in [7, 11) is 1.66. The van der Waals surface area contributed by atoms with Crippen LogP contribution in [0.3, 0.4) is 0 Å². The Balaban J connectivity index is 1.88. The van der Waals surface area contributed by atoms with Gasteiger partial charge >= 0.3 is 0 Å². The lowest BCUT2D eigenvalue weighted by Crippen LogP contribution is -2.05. The lowest BCUT2D eigenvalue weighted by Gasteiger charge is -2.04. The van der Waals surface area contributed by atoms with E-state index < -0.39 is 0 Å². The Labute approximate surface area is 96.5 Å². The van der Waals surface area contributed by atoms with Gasteiger partial charge in [-0.2, -0.15) is 0 Å². The number of methoxy groups -OCH3 is 1. The van der Waals surface area contributed by atoms with Crippen LogP contribution < -0.4 is 0 Å². The highest BCUT2D eigenvalue weighted by Gasteiger charge is 1.98. The van der Waals surface area contributed by atoms with Crippen LogP contribution in [0.4, 0.5) is 0 Å². The maximum Gasteiger partial charge on any atom is 0.129 e. The van der Waals surface area contributed by atoms with Gasteiger partial charge in [-0.25, -0.2) is 0 Å². The monoisotopic (exact) mass is 228 g/mol. The second kappa shape index (κ2) is 8.33. The Morgan fingerprint density at radius 2 is 1.88 bits per heavy atom. The van der Waals surface area contributed by atoms with Crippen LogP contribution in [0, 0.1) is 6.92 Å². The highest BCUT2D eigenvalue weighted by Crippen LogP contribution is 2.07. The molecule has 0 spiro atoms. The van der Waals surface area contributed by atoms with E-state index in [0.29, 0.717) is 33.0 Å². The Morgan fingerprint density at radius 1 is 1.06 bits per heavy atom. The van der Waals surface area contributed by atoms with Gasteiger partial charge in [0.1, 0.15) is 18.1 Å². The quantitative estimate of drug-likeness (QED) is 0.607. The van der Waals surface area contributed by atoms with Gasteiger partial charge in [0.05, 0.1) is 13.2 Å². The topological polar surface area (TPSA) is 40.8 Å². The predicted octanol–water partition coefficient (Wildman–Crippen LogP) is 2.16. The molecule has 0 unspecified atom stereocenters. The van der Waals surface area contributed by atoms with E-state index in [-0.39, 0.29) is 0 Å². The first kappa shape index (κ1) is 13.2. The average molecular weight is 228 g/mol. The van der Waals surface area contributed by atoms with Gasteiger partial charge < -0.3 is 18.6 Å². The van der Waals surface area contributed by atoms with Gasteiger partial charge in [-0.15, -0.1) is 0 Å². The zero-order valence-corrected chi connectivity index (χ0v) is 10.0. The normalized spacial score (nSPS) is 10.9. The minimum Gasteiger partial charge on any atom is -0.464 e. The molecule has 0 aliphatic rings. The Morgan fingerprint density at radius 3 is 2.56 bits per heavy atom. The molecule has 0 amide bonds. The van der Waals surface area contributed by atoms with Crippen LogP contribution >= 0.6 is 0 Å². The van der Waals surface area contributed by atoms with Crippen molar-refractivity contribution in [3.8, 4) is 0 Å². The molecule has 0 saturated heterocycles. The standard InChI is InChI=1S/C12H20O4/c1-11-4-5-12(16-11)10-15-7-3-6-14-9-8-13-2/h4-5H,3,6-10H2,1-2H3. The van der Waals surface area contributed by atoms with Crippen molar-refractivity contribution in [3.63, 3.8) is 0 Å². The number of hydrogen-bond donors (Lipinski definition) is 0. The summed E-state index contributed by atoms with van der Waals surface area (Å²) in [5.41, 5.74) is 0. The molecular weight excluding hydrogens is 208 g/mol. The maximum absolute atomic E-state index is 5.43. The molecule has 1 rings (SSSR count). The zero-order chi connectivity index (χ0) is 11.6. The van der Waals surface area contributed by atoms with Crippen molar-refractivity contribution in [1.82, 2.24) is 0 Å². The number of rotatable bonds is 9. The summed E-state index contributed by atoms with van der Waals surface area (Å²) < 4.78 is 21.0. The van der Waals surface area contributed by atoms with E-state index in [4.69, 9.17) is 18.6 Å². The van der Waals surface area contributed by atoms with E-state index in [1.54, 1.807) is 7.11 Å². The molecular formula is C12H20O4. The van der Waals surface area contributed by atoms with Crippen LogP contribution in [-0.2, 0) is 20.8 Å². The second-order valence-electron chi connectivity index (χ2n) is 3.52. The lowest BCUT2D eigenvalue weighted by molar-refractivity contribution is 0.0452. The maximum atomic E-state index is 5.43. The van der Waals surface area contributed by atoms with Gasteiger partial charge in [0, 0.05) is 20.3 Å². The molecule has 92 valence electrons. The summed E-state index contributed by atoms with van der Waals surface area (Å²) in [6, 6.07) is 3.87. The first-order chi connectivity index (χ1) is 7.83. The third-order valence-electron chi connectivity index (χ3n) is 2.05. The Kier molecular flexibility index (Phi) is 6.88. The van der Waals surface area contributed by atoms with Crippen LogP contribution in [0.5, 0.6) is 0 Å². The van der Waals surface area contributed by atoms with Gasteiger partial charge in [0.25, 0.3) is 0 Å². The van der Waals surface area contributed by atoms with E-state index >= 15 is 0 Å². The zero-order valence-electron chi connectivity index (χ0n) is 10.0. The summed E-state index contributed by atoms with van der Waals surface area (Å²) >= 11 is 0. The summed E-state index contributed by atoms with van der Waals surface area (Å²) in [6.07, 6.45) is 0.892. The van der Waals surface area contributed by atoms with Gasteiger partial charge in [-0.3, -0.25) is 0 Å². The van der Waals surface area contributed by atoms with E-state index in [1.807, 2.05) is 19.1 Å². The SMILES string of the molecule is COCCOCCCOCc1ccc(C)o1. The van der Waals surface area contributed by atoms with Crippen LogP contribution in [0.25, 0.3) is 0 Å². The predicted molar refractivity (Wildman–Crippen MR) is 60.4 cm³/mol. The minimum absolute atomic E-state index is 0.534. The smallest absolute Gasteiger partial charge is 0.129 e. The molecule has 0 fully saturated rings. The van der Waals surface area contributed by atoms with Crippen LogP contribution in [0.2, 0.25) is 0 Å². The highest BCUT2D eigenvalue weighted by atomic mass is 16.5. The summed E-state index contributed by atoms with van der Waals surface area (Å²) in [5, 5.41) is 0. The van der Waals surface area contributed by atoms with E-state index in [9.17, 15) is 0 Å².